The van der Waals surface area contributed by atoms with Crippen LogP contribution in [0.5, 0.6) is 0 Å². The quantitative estimate of drug-likeness (QED) is 0.626. The number of hydrogen-bond donors (Lipinski definition) is 1. The molecule has 0 spiro atoms. The van der Waals surface area contributed by atoms with Crippen LogP contribution in [0.25, 0.3) is 0 Å². The van der Waals surface area contributed by atoms with Crippen LogP contribution in [-0.2, 0) is 9.47 Å². The van der Waals surface area contributed by atoms with Gasteiger partial charge in [0.15, 0.2) is 5.79 Å². The molecule has 4 heteroatoms. The fourth-order valence-corrected chi connectivity index (χ4v) is 2.76. The molecular formula is C16H30O3Si. The Labute approximate surface area is 125 Å². The molecule has 1 rings (SSSR count). The maximum atomic E-state index is 10.4. The minimum absolute atomic E-state index is 0.193. The van der Waals surface area contributed by atoms with Crippen LogP contribution in [0.15, 0.2) is 0 Å². The highest BCUT2D eigenvalue weighted by molar-refractivity contribution is 6.83. The number of aliphatic hydroxyl groups is 1. The first-order valence-electron chi connectivity index (χ1n) is 7.50. The van der Waals surface area contributed by atoms with Crippen molar-refractivity contribution in [1.29, 1.82) is 0 Å². The van der Waals surface area contributed by atoms with Gasteiger partial charge >= 0.3 is 0 Å². The molecule has 0 saturated carbocycles. The minimum Gasteiger partial charge on any atom is -0.393 e. The van der Waals surface area contributed by atoms with E-state index in [1.54, 1.807) is 0 Å². The van der Waals surface area contributed by atoms with E-state index < -0.39 is 13.9 Å². The van der Waals surface area contributed by atoms with Crippen molar-refractivity contribution in [2.24, 2.45) is 5.41 Å². The van der Waals surface area contributed by atoms with E-state index >= 15 is 0 Å². The van der Waals surface area contributed by atoms with E-state index in [4.69, 9.17) is 9.47 Å². The topological polar surface area (TPSA) is 38.7 Å². The summed E-state index contributed by atoms with van der Waals surface area (Å²) in [5.74, 6) is 2.76. The van der Waals surface area contributed by atoms with Crippen molar-refractivity contribution in [1.82, 2.24) is 0 Å². The van der Waals surface area contributed by atoms with Crippen LogP contribution in [-0.4, -0.2) is 38.3 Å². The lowest BCUT2D eigenvalue weighted by Gasteiger charge is -2.31. The van der Waals surface area contributed by atoms with Crippen LogP contribution in [0.1, 0.15) is 40.0 Å². The van der Waals surface area contributed by atoms with Crippen LogP contribution in [0.2, 0.25) is 19.6 Å². The van der Waals surface area contributed by atoms with Gasteiger partial charge in [0.05, 0.1) is 19.3 Å². The van der Waals surface area contributed by atoms with Gasteiger partial charge in [-0.1, -0.05) is 33.5 Å². The van der Waals surface area contributed by atoms with Crippen LogP contribution < -0.4 is 0 Å². The molecule has 0 aliphatic carbocycles. The van der Waals surface area contributed by atoms with Gasteiger partial charge in [-0.15, -0.1) is 11.5 Å². The summed E-state index contributed by atoms with van der Waals surface area (Å²) >= 11 is 0. The third kappa shape index (κ3) is 5.97. The lowest BCUT2D eigenvalue weighted by molar-refractivity contribution is -0.153. The molecule has 1 N–H and O–H groups in total. The van der Waals surface area contributed by atoms with Crippen molar-refractivity contribution < 1.29 is 14.6 Å². The van der Waals surface area contributed by atoms with E-state index in [1.807, 2.05) is 6.92 Å². The highest BCUT2D eigenvalue weighted by Crippen LogP contribution is 2.32. The van der Waals surface area contributed by atoms with Crippen LogP contribution >= 0.6 is 0 Å². The maximum absolute atomic E-state index is 10.4. The van der Waals surface area contributed by atoms with Crippen molar-refractivity contribution in [2.75, 3.05) is 13.2 Å². The van der Waals surface area contributed by atoms with E-state index in [0.717, 1.165) is 12.8 Å². The van der Waals surface area contributed by atoms with Gasteiger partial charge < -0.3 is 14.6 Å². The molecule has 1 aliphatic rings. The summed E-state index contributed by atoms with van der Waals surface area (Å²) < 4.78 is 11.1. The Morgan fingerprint density at radius 2 is 1.80 bits per heavy atom. The molecule has 116 valence electrons. The third-order valence-electron chi connectivity index (χ3n) is 3.68. The van der Waals surface area contributed by atoms with Gasteiger partial charge in [0, 0.05) is 18.3 Å². The van der Waals surface area contributed by atoms with Gasteiger partial charge in [0.25, 0.3) is 0 Å². The predicted octanol–water partition coefficient (Wildman–Crippen LogP) is 3.19. The largest absolute Gasteiger partial charge is 0.393 e. The monoisotopic (exact) mass is 298 g/mol. The minimum atomic E-state index is -1.33. The zero-order valence-electron chi connectivity index (χ0n) is 13.9. The summed E-state index contributed by atoms with van der Waals surface area (Å²) in [6, 6.07) is 0. The highest BCUT2D eigenvalue weighted by Gasteiger charge is 2.34. The van der Waals surface area contributed by atoms with Crippen LogP contribution in [0, 0.1) is 16.9 Å². The molecule has 1 fully saturated rings. The Hall–Kier alpha value is -0.343. The second-order valence-electron chi connectivity index (χ2n) is 7.60. The first kappa shape index (κ1) is 17.7. The van der Waals surface area contributed by atoms with E-state index in [2.05, 4.69) is 45.0 Å². The van der Waals surface area contributed by atoms with Gasteiger partial charge in [-0.3, -0.25) is 0 Å². The molecule has 0 aromatic heterocycles. The lowest BCUT2D eigenvalue weighted by Crippen LogP contribution is -2.33. The molecular weight excluding hydrogens is 268 g/mol. The third-order valence-corrected chi connectivity index (χ3v) is 4.61. The fourth-order valence-electron chi connectivity index (χ4n) is 2.15. The van der Waals surface area contributed by atoms with Crippen molar-refractivity contribution in [3.8, 4) is 11.5 Å². The zero-order chi connectivity index (χ0) is 15.4. The lowest BCUT2D eigenvalue weighted by atomic mass is 9.81. The van der Waals surface area contributed by atoms with Gasteiger partial charge in [-0.2, -0.15) is 0 Å². The standard InChI is InChI=1S/C16H30O3Si/c1-15(2,9-7-13-20(4,5)6)14(17)8-10-16(3)18-11-12-19-16/h14,17H,8-12H2,1-6H3/t14-/m0/s1. The van der Waals surface area contributed by atoms with Crippen molar-refractivity contribution in [2.45, 2.75) is 71.6 Å². The fraction of sp³-hybridized carbons (Fsp3) is 0.875. The Morgan fingerprint density at radius 1 is 1.25 bits per heavy atom. The van der Waals surface area contributed by atoms with E-state index in [9.17, 15) is 5.11 Å². The molecule has 1 atom stereocenters. The smallest absolute Gasteiger partial charge is 0.165 e. The molecule has 1 aliphatic heterocycles. The normalized spacial score (nSPS) is 20.4. The number of aliphatic hydroxyl groups excluding tert-OH is 1. The summed E-state index contributed by atoms with van der Waals surface area (Å²) in [7, 11) is -1.33. The SMILES string of the molecule is CC1(CC[C@H](O)C(C)(C)CC#C[Si](C)(C)C)OCCO1. The first-order chi connectivity index (χ1) is 9.04. The molecule has 0 unspecified atom stereocenters. The number of ether oxygens (including phenoxy) is 2. The first-order valence-corrected chi connectivity index (χ1v) is 11.0. The predicted molar refractivity (Wildman–Crippen MR) is 85.1 cm³/mol. The summed E-state index contributed by atoms with van der Waals surface area (Å²) in [6.45, 7) is 14.1. The van der Waals surface area contributed by atoms with Crippen molar-refractivity contribution >= 4 is 8.07 Å². The molecule has 20 heavy (non-hydrogen) atoms. The Bertz CT molecular complexity index is 367. The summed E-state index contributed by atoms with van der Waals surface area (Å²) in [4.78, 5) is 0. The molecule has 1 heterocycles. The average molecular weight is 298 g/mol. The van der Waals surface area contributed by atoms with Gasteiger partial charge in [0.1, 0.15) is 8.07 Å². The number of hydrogen-bond acceptors (Lipinski definition) is 3. The van der Waals surface area contributed by atoms with Gasteiger partial charge in [0.2, 0.25) is 0 Å². The Morgan fingerprint density at radius 3 is 2.30 bits per heavy atom. The zero-order valence-corrected chi connectivity index (χ0v) is 14.9. The summed E-state index contributed by atoms with van der Waals surface area (Å²) in [5.41, 5.74) is 3.17. The molecule has 1 saturated heterocycles. The number of rotatable bonds is 5. The van der Waals surface area contributed by atoms with E-state index in [1.165, 1.54) is 0 Å². The molecule has 0 aromatic rings. The van der Waals surface area contributed by atoms with Crippen molar-refractivity contribution in [3.63, 3.8) is 0 Å². The molecule has 0 aromatic carbocycles. The summed E-state index contributed by atoms with van der Waals surface area (Å²) in [5, 5.41) is 10.4. The molecule has 0 amide bonds. The van der Waals surface area contributed by atoms with Gasteiger partial charge in [-0.25, -0.2) is 0 Å². The second kappa shape index (κ2) is 6.61. The average Bonchev–Trinajstić information content (AvgIpc) is 2.71. The summed E-state index contributed by atoms with van der Waals surface area (Å²) in [6.07, 6.45) is 1.75. The Balaban J connectivity index is 2.47. The molecule has 3 nitrogen and oxygen atoms in total. The van der Waals surface area contributed by atoms with Crippen molar-refractivity contribution in [3.05, 3.63) is 0 Å². The van der Waals surface area contributed by atoms with E-state index in [-0.39, 0.29) is 11.5 Å². The maximum Gasteiger partial charge on any atom is 0.165 e. The second-order valence-corrected chi connectivity index (χ2v) is 12.4. The van der Waals surface area contributed by atoms with Gasteiger partial charge in [-0.05, 0) is 13.3 Å². The molecule has 0 bridgehead atoms. The van der Waals surface area contributed by atoms with E-state index in [0.29, 0.717) is 19.6 Å². The van der Waals surface area contributed by atoms with Crippen LogP contribution in [0.4, 0.5) is 0 Å². The highest BCUT2D eigenvalue weighted by atomic mass is 28.3. The Kier molecular flexibility index (Phi) is 5.86. The van der Waals surface area contributed by atoms with Crippen LogP contribution in [0.3, 0.4) is 0 Å². The molecule has 0 radical (unpaired) electrons.